The van der Waals surface area contributed by atoms with E-state index in [9.17, 15) is 4.79 Å². The van der Waals surface area contributed by atoms with Gasteiger partial charge in [0.15, 0.2) is 0 Å². The highest BCUT2D eigenvalue weighted by Gasteiger charge is 2.05. The fourth-order valence-electron chi connectivity index (χ4n) is 1.85. The van der Waals surface area contributed by atoms with E-state index < -0.39 is 0 Å². The highest BCUT2D eigenvalue weighted by molar-refractivity contribution is 5.80. The number of hydrogen-bond acceptors (Lipinski definition) is 3. The Morgan fingerprint density at radius 3 is 2.94 bits per heavy atom. The van der Waals surface area contributed by atoms with E-state index in [2.05, 4.69) is 4.98 Å². The molecule has 0 fully saturated rings. The minimum Gasteiger partial charge on any atom is -0.497 e. The Bertz CT molecular complexity index is 592. The molecule has 5 heteroatoms. The fourth-order valence-corrected chi connectivity index (χ4v) is 1.85. The zero-order valence-electron chi connectivity index (χ0n) is 10.3. The van der Waals surface area contributed by atoms with E-state index in [4.69, 9.17) is 9.84 Å². The molecule has 0 radical (unpaired) electrons. The number of nitrogens with two attached hydrogens (primary N) is 1. The second kappa shape index (κ2) is 5.66. The first-order chi connectivity index (χ1) is 8.74. The van der Waals surface area contributed by atoms with Gasteiger partial charge in [0.2, 0.25) is 0 Å². The zero-order valence-corrected chi connectivity index (χ0v) is 10.3. The van der Waals surface area contributed by atoms with E-state index in [1.807, 2.05) is 23.5 Å². The van der Waals surface area contributed by atoms with Crippen LogP contribution in [0, 0.1) is 0 Å². The number of fused-ring (bicyclic) bond motifs is 1. The second-order valence-electron chi connectivity index (χ2n) is 4.08. The van der Waals surface area contributed by atoms with Crippen LogP contribution < -0.4 is 15.6 Å². The molecule has 0 aliphatic heterocycles. The minimum atomic E-state index is -0.0926. The number of hydrogen-bond donors (Lipinski definition) is 3. The average Bonchev–Trinajstić information content (AvgIpc) is 2.39. The lowest BCUT2D eigenvalue weighted by Crippen LogP contribution is -2.83. The first kappa shape index (κ1) is 12.6. The molecule has 18 heavy (non-hydrogen) atoms. The minimum absolute atomic E-state index is 0.0926. The van der Waals surface area contributed by atoms with E-state index in [0.717, 1.165) is 16.7 Å². The lowest BCUT2D eigenvalue weighted by atomic mass is 10.1. The van der Waals surface area contributed by atoms with Crippen molar-refractivity contribution in [1.82, 2.24) is 4.98 Å². The van der Waals surface area contributed by atoms with E-state index in [1.54, 1.807) is 13.2 Å². The molecule has 1 aromatic heterocycles. The molecule has 0 saturated heterocycles. The van der Waals surface area contributed by atoms with Gasteiger partial charge in [0.05, 0.1) is 31.3 Å². The van der Waals surface area contributed by atoms with Crippen LogP contribution in [0.4, 0.5) is 0 Å². The quantitative estimate of drug-likeness (QED) is 0.630. The van der Waals surface area contributed by atoms with Crippen LogP contribution in [0.1, 0.15) is 5.56 Å². The number of aromatic nitrogens is 1. The van der Waals surface area contributed by atoms with Gasteiger partial charge in [0, 0.05) is 6.07 Å². The van der Waals surface area contributed by atoms with Crippen LogP contribution in [0.2, 0.25) is 0 Å². The van der Waals surface area contributed by atoms with Gasteiger partial charge in [-0.2, -0.15) is 0 Å². The van der Waals surface area contributed by atoms with Crippen LogP contribution in [-0.4, -0.2) is 30.4 Å². The van der Waals surface area contributed by atoms with E-state index >= 15 is 0 Å². The maximum Gasteiger partial charge on any atom is 0.257 e. The maximum absolute atomic E-state index is 11.8. The summed E-state index contributed by atoms with van der Waals surface area (Å²) >= 11 is 0. The predicted octanol–water partition coefficient (Wildman–Crippen LogP) is -0.408. The van der Waals surface area contributed by atoms with Crippen LogP contribution in [0.5, 0.6) is 5.75 Å². The standard InChI is InChI=1S/C13H16N2O3/c1-18-11-3-2-9-6-10(8-14-4-5-16)13(17)15-12(9)7-11/h2-3,6-7,14,16H,4-5,8H2,1H3,(H,15,17)/p+1. The monoisotopic (exact) mass is 249 g/mol. The lowest BCUT2D eigenvalue weighted by molar-refractivity contribution is -0.671. The summed E-state index contributed by atoms with van der Waals surface area (Å²) in [4.78, 5) is 14.7. The number of H-pyrrole nitrogens is 1. The summed E-state index contributed by atoms with van der Waals surface area (Å²) in [6, 6.07) is 7.46. The highest BCUT2D eigenvalue weighted by atomic mass is 16.5. The van der Waals surface area contributed by atoms with Gasteiger partial charge in [-0.1, -0.05) is 0 Å². The Morgan fingerprint density at radius 1 is 1.39 bits per heavy atom. The van der Waals surface area contributed by atoms with Crippen LogP contribution in [-0.2, 0) is 6.54 Å². The molecule has 0 atom stereocenters. The fraction of sp³-hybridized carbons (Fsp3) is 0.308. The third-order valence-electron chi connectivity index (χ3n) is 2.83. The van der Waals surface area contributed by atoms with Crippen molar-refractivity contribution < 1.29 is 15.2 Å². The molecule has 4 N–H and O–H groups in total. The Hall–Kier alpha value is -1.85. The van der Waals surface area contributed by atoms with Gasteiger partial charge in [-0.3, -0.25) is 4.79 Å². The Labute approximate surface area is 104 Å². The number of pyridine rings is 1. The molecule has 1 heterocycles. The third kappa shape index (κ3) is 2.69. The summed E-state index contributed by atoms with van der Waals surface area (Å²) in [5.41, 5.74) is 1.39. The number of nitrogens with one attached hydrogen (secondary N) is 1. The molecule has 0 saturated carbocycles. The van der Waals surface area contributed by atoms with Crippen LogP contribution in [0.25, 0.3) is 10.9 Å². The zero-order chi connectivity index (χ0) is 13.0. The van der Waals surface area contributed by atoms with Crippen molar-refractivity contribution in [3.63, 3.8) is 0 Å². The molecule has 0 aliphatic carbocycles. The number of aliphatic hydroxyl groups excluding tert-OH is 1. The number of ether oxygens (including phenoxy) is 1. The van der Waals surface area contributed by atoms with Crippen LogP contribution in [0.3, 0.4) is 0 Å². The Kier molecular flexibility index (Phi) is 3.96. The number of aromatic amines is 1. The second-order valence-corrected chi connectivity index (χ2v) is 4.08. The number of benzene rings is 1. The predicted molar refractivity (Wildman–Crippen MR) is 68.7 cm³/mol. The van der Waals surface area contributed by atoms with Crippen molar-refractivity contribution in [3.05, 3.63) is 40.2 Å². The first-order valence-corrected chi connectivity index (χ1v) is 5.87. The summed E-state index contributed by atoms with van der Waals surface area (Å²) in [5, 5.41) is 11.6. The maximum atomic E-state index is 11.8. The summed E-state index contributed by atoms with van der Waals surface area (Å²) in [5.74, 6) is 0.720. The molecule has 5 nitrogen and oxygen atoms in total. The highest BCUT2D eigenvalue weighted by Crippen LogP contribution is 2.18. The Balaban J connectivity index is 2.34. The lowest BCUT2D eigenvalue weighted by Gasteiger charge is -2.04. The summed E-state index contributed by atoms with van der Waals surface area (Å²) in [6.07, 6.45) is 0. The molecule has 0 amide bonds. The van der Waals surface area contributed by atoms with Crippen LogP contribution in [0.15, 0.2) is 29.1 Å². The molecule has 2 aromatic rings. The van der Waals surface area contributed by atoms with Crippen molar-refractivity contribution in [3.8, 4) is 5.75 Å². The third-order valence-corrected chi connectivity index (χ3v) is 2.83. The van der Waals surface area contributed by atoms with Gasteiger partial charge >= 0.3 is 0 Å². The molecule has 0 spiro atoms. The average molecular weight is 249 g/mol. The topological polar surface area (TPSA) is 78.9 Å². The summed E-state index contributed by atoms with van der Waals surface area (Å²) < 4.78 is 5.12. The first-order valence-electron chi connectivity index (χ1n) is 5.87. The van der Waals surface area contributed by atoms with Crippen molar-refractivity contribution >= 4 is 10.9 Å². The SMILES string of the molecule is COc1ccc2cc(C[NH2+]CCO)c(=O)[nH]c2c1. The van der Waals surface area contributed by atoms with E-state index in [-0.39, 0.29) is 12.2 Å². The van der Waals surface area contributed by atoms with E-state index in [1.165, 1.54) is 0 Å². The number of quaternary nitrogens is 1. The van der Waals surface area contributed by atoms with Gasteiger partial charge in [0.1, 0.15) is 12.3 Å². The molecule has 0 bridgehead atoms. The van der Waals surface area contributed by atoms with Crippen molar-refractivity contribution in [2.24, 2.45) is 0 Å². The van der Waals surface area contributed by atoms with Gasteiger partial charge in [-0.05, 0) is 23.6 Å². The molecule has 2 rings (SSSR count). The van der Waals surface area contributed by atoms with E-state index in [0.29, 0.717) is 18.7 Å². The number of methoxy groups -OCH3 is 1. The smallest absolute Gasteiger partial charge is 0.257 e. The molecular weight excluding hydrogens is 232 g/mol. The normalized spacial score (nSPS) is 10.8. The molecule has 0 unspecified atom stereocenters. The van der Waals surface area contributed by atoms with Crippen molar-refractivity contribution in [2.45, 2.75) is 6.54 Å². The molecular formula is C13H17N2O3+. The van der Waals surface area contributed by atoms with Gasteiger partial charge in [-0.25, -0.2) is 0 Å². The summed E-state index contributed by atoms with van der Waals surface area (Å²) in [7, 11) is 1.59. The van der Waals surface area contributed by atoms with Crippen molar-refractivity contribution in [2.75, 3.05) is 20.3 Å². The van der Waals surface area contributed by atoms with Gasteiger partial charge < -0.3 is 20.1 Å². The summed E-state index contributed by atoms with van der Waals surface area (Å²) in [6.45, 7) is 1.28. The largest absolute Gasteiger partial charge is 0.497 e. The van der Waals surface area contributed by atoms with Gasteiger partial charge in [-0.15, -0.1) is 0 Å². The molecule has 0 aliphatic rings. The number of rotatable bonds is 5. The van der Waals surface area contributed by atoms with Gasteiger partial charge in [0.25, 0.3) is 5.56 Å². The van der Waals surface area contributed by atoms with Crippen LogP contribution >= 0.6 is 0 Å². The number of aliphatic hydroxyl groups is 1. The Morgan fingerprint density at radius 2 is 2.22 bits per heavy atom. The van der Waals surface area contributed by atoms with Crippen molar-refractivity contribution in [1.29, 1.82) is 0 Å². The molecule has 96 valence electrons. The molecule has 1 aromatic carbocycles.